The van der Waals surface area contributed by atoms with Crippen LogP contribution >= 0.6 is 0 Å². The number of ether oxygens (including phenoxy) is 1. The van der Waals surface area contributed by atoms with Gasteiger partial charge in [0.1, 0.15) is 5.75 Å². The fourth-order valence-corrected chi connectivity index (χ4v) is 2.65. The molecule has 0 spiro atoms. The van der Waals surface area contributed by atoms with Crippen LogP contribution in [0.5, 0.6) is 5.75 Å². The van der Waals surface area contributed by atoms with Crippen molar-refractivity contribution in [2.24, 2.45) is 10.4 Å². The molecule has 0 unspecified atom stereocenters. The van der Waals surface area contributed by atoms with Crippen molar-refractivity contribution in [3.63, 3.8) is 0 Å². The first-order valence-electron chi connectivity index (χ1n) is 8.78. The van der Waals surface area contributed by atoms with E-state index < -0.39 is 7.12 Å². The van der Waals surface area contributed by atoms with Crippen LogP contribution in [-0.2, 0) is 14.1 Å². The summed E-state index contributed by atoms with van der Waals surface area (Å²) in [6.45, 7) is 6.86. The normalized spacial score (nSPS) is 16.5. The van der Waals surface area contributed by atoms with Crippen LogP contribution in [-0.4, -0.2) is 32.5 Å². The Kier molecular flexibility index (Phi) is 5.63. The van der Waals surface area contributed by atoms with E-state index in [1.807, 2.05) is 18.2 Å². The second-order valence-electron chi connectivity index (χ2n) is 7.35. The molecule has 0 radical (unpaired) electrons. The molecule has 140 valence electrons. The van der Waals surface area contributed by atoms with Crippen LogP contribution in [0.1, 0.15) is 26.3 Å². The first kappa shape index (κ1) is 19.1. The topological polar surface area (TPSA) is 83.1 Å². The second-order valence-corrected chi connectivity index (χ2v) is 7.35. The van der Waals surface area contributed by atoms with Gasteiger partial charge in [0, 0.05) is 43.0 Å². The number of nitrogens with two attached hydrogens (primary N) is 1. The molecule has 2 aromatic rings. The predicted molar refractivity (Wildman–Crippen MR) is 107 cm³/mol. The number of benzene rings is 2. The van der Waals surface area contributed by atoms with E-state index >= 15 is 0 Å². The van der Waals surface area contributed by atoms with E-state index in [9.17, 15) is 4.79 Å². The van der Waals surface area contributed by atoms with E-state index in [0.29, 0.717) is 24.7 Å². The van der Waals surface area contributed by atoms with Crippen molar-refractivity contribution in [3.8, 4) is 5.75 Å². The lowest BCUT2D eigenvalue weighted by molar-refractivity contribution is -0.131. The Morgan fingerprint density at radius 3 is 2.48 bits per heavy atom. The lowest BCUT2D eigenvalue weighted by atomic mass is 9.75. The fraction of sp³-hybridized carbons (Fsp3) is 0.300. The van der Waals surface area contributed by atoms with Crippen molar-refractivity contribution in [3.05, 3.63) is 48.0 Å². The number of hydrogen-bond acceptors (Lipinski definition) is 6. The molecule has 3 rings (SSSR count). The maximum absolute atomic E-state index is 11.0. The van der Waals surface area contributed by atoms with E-state index in [-0.39, 0.29) is 11.4 Å². The summed E-state index contributed by atoms with van der Waals surface area (Å²) in [5.41, 5.74) is 9.14. The highest BCUT2D eigenvalue weighted by Gasteiger charge is 2.33. The van der Waals surface area contributed by atoms with Gasteiger partial charge in [-0.2, -0.15) is 0 Å². The van der Waals surface area contributed by atoms with Crippen LogP contribution in [0, 0.1) is 5.41 Å². The van der Waals surface area contributed by atoms with Crippen molar-refractivity contribution in [1.29, 1.82) is 0 Å². The quantitative estimate of drug-likeness (QED) is 0.296. The minimum atomic E-state index is -0.395. The van der Waals surface area contributed by atoms with Crippen LogP contribution in [0.25, 0.3) is 0 Å². The molecule has 0 aliphatic carbocycles. The molecule has 0 atom stereocenters. The van der Waals surface area contributed by atoms with E-state index in [4.69, 9.17) is 19.8 Å². The Bertz CT molecular complexity index is 840. The summed E-state index contributed by atoms with van der Waals surface area (Å²) < 4.78 is 16.7. The van der Waals surface area contributed by atoms with Crippen molar-refractivity contribution >= 4 is 36.1 Å². The molecule has 1 aliphatic rings. The van der Waals surface area contributed by atoms with Crippen molar-refractivity contribution in [2.75, 3.05) is 18.9 Å². The van der Waals surface area contributed by atoms with Gasteiger partial charge in [0.2, 0.25) is 0 Å². The molecule has 2 aromatic carbocycles. The zero-order chi connectivity index (χ0) is 19.4. The van der Waals surface area contributed by atoms with Gasteiger partial charge in [0.15, 0.2) is 0 Å². The minimum Gasteiger partial charge on any atom is -0.427 e. The molecule has 6 nitrogen and oxygen atoms in total. The number of nitrogen functional groups attached to an aromatic ring is 1. The van der Waals surface area contributed by atoms with Gasteiger partial charge in [0.05, 0.1) is 5.69 Å². The smallest absolute Gasteiger partial charge is 0.427 e. The molecule has 0 saturated carbocycles. The first-order valence-corrected chi connectivity index (χ1v) is 8.78. The first-order chi connectivity index (χ1) is 12.8. The van der Waals surface area contributed by atoms with Gasteiger partial charge in [-0.05, 0) is 35.8 Å². The number of carbonyl (C=O) groups excluding carboxylic acids is 1. The molecule has 2 N–H and O–H groups in total. The lowest BCUT2D eigenvalue weighted by Gasteiger charge is -2.33. The number of esters is 1. The average Bonchev–Trinajstić information content (AvgIpc) is 2.62. The molecule has 0 aromatic heterocycles. The molecule has 0 amide bonds. The largest absolute Gasteiger partial charge is 0.493 e. The van der Waals surface area contributed by atoms with Crippen molar-refractivity contribution in [1.82, 2.24) is 0 Å². The Morgan fingerprint density at radius 2 is 1.85 bits per heavy atom. The van der Waals surface area contributed by atoms with Gasteiger partial charge in [-0.15, -0.1) is 0 Å². The third kappa shape index (κ3) is 5.18. The molecule has 27 heavy (non-hydrogen) atoms. The Hall–Kier alpha value is -2.64. The molecule has 1 heterocycles. The number of hydrogen-bond donors (Lipinski definition) is 1. The zero-order valence-electron chi connectivity index (χ0n) is 15.8. The van der Waals surface area contributed by atoms with E-state index in [0.717, 1.165) is 16.7 Å². The molecule has 1 aliphatic heterocycles. The minimum absolute atomic E-state index is 0.0207. The van der Waals surface area contributed by atoms with Gasteiger partial charge in [0.25, 0.3) is 0 Å². The molecule has 7 heteroatoms. The number of carbonyl (C=O) groups is 1. The van der Waals surface area contributed by atoms with Crippen LogP contribution in [0.4, 0.5) is 11.4 Å². The van der Waals surface area contributed by atoms with Crippen LogP contribution in [0.2, 0.25) is 0 Å². The number of rotatable bonds is 4. The fourth-order valence-electron chi connectivity index (χ4n) is 2.65. The monoisotopic (exact) mass is 366 g/mol. The molecular formula is C20H23BN2O4. The highest BCUT2D eigenvalue weighted by Crippen LogP contribution is 2.22. The highest BCUT2D eigenvalue weighted by molar-refractivity contribution is 6.61. The lowest BCUT2D eigenvalue weighted by Crippen LogP contribution is -2.47. The SMILES string of the molecule is CC(=O)Oc1ccc(N=Cc2cc(B3OCC(C)(C)CO3)ccc2N)cc1. The standard InChI is InChI=1S/C20H23BN2O4/c1-14(24)27-18-7-5-17(6-8-18)23-11-15-10-16(4-9-19(15)22)21-25-12-20(2,3)13-26-21/h4-11H,12-13,22H2,1-3H3. The van der Waals surface area contributed by atoms with Crippen LogP contribution < -0.4 is 15.9 Å². The Balaban J connectivity index is 1.73. The average molecular weight is 366 g/mol. The molecule has 1 fully saturated rings. The number of aliphatic imine (C=N–C) groups is 1. The second kappa shape index (κ2) is 7.94. The Morgan fingerprint density at radius 1 is 1.19 bits per heavy atom. The maximum atomic E-state index is 11.0. The zero-order valence-corrected chi connectivity index (χ0v) is 15.8. The summed E-state index contributed by atoms with van der Waals surface area (Å²) in [6.07, 6.45) is 1.70. The van der Waals surface area contributed by atoms with Crippen LogP contribution in [0.3, 0.4) is 0 Å². The predicted octanol–water partition coefficient (Wildman–Crippen LogP) is 2.71. The summed E-state index contributed by atoms with van der Waals surface area (Å²) in [4.78, 5) is 15.4. The van der Waals surface area contributed by atoms with Gasteiger partial charge < -0.3 is 19.8 Å². The summed E-state index contributed by atoms with van der Waals surface area (Å²) in [5, 5.41) is 0. The van der Waals surface area contributed by atoms with E-state index in [1.54, 1.807) is 30.5 Å². The third-order valence-corrected chi connectivity index (χ3v) is 4.08. The molecular weight excluding hydrogens is 343 g/mol. The number of anilines is 1. The summed E-state index contributed by atoms with van der Waals surface area (Å²) in [6, 6.07) is 12.6. The van der Waals surface area contributed by atoms with E-state index in [2.05, 4.69) is 18.8 Å². The Labute approximate surface area is 159 Å². The van der Waals surface area contributed by atoms with Gasteiger partial charge >= 0.3 is 13.1 Å². The van der Waals surface area contributed by atoms with Crippen molar-refractivity contribution in [2.45, 2.75) is 20.8 Å². The van der Waals surface area contributed by atoms with E-state index in [1.165, 1.54) is 6.92 Å². The summed E-state index contributed by atoms with van der Waals surface area (Å²) in [5.74, 6) is 0.129. The maximum Gasteiger partial charge on any atom is 0.493 e. The molecule has 0 bridgehead atoms. The highest BCUT2D eigenvalue weighted by atomic mass is 16.6. The number of nitrogens with zero attached hydrogens (tertiary/aromatic N) is 1. The van der Waals surface area contributed by atoms with Gasteiger partial charge in [-0.3, -0.25) is 9.79 Å². The van der Waals surface area contributed by atoms with Gasteiger partial charge in [-0.25, -0.2) is 0 Å². The summed E-state index contributed by atoms with van der Waals surface area (Å²) >= 11 is 0. The van der Waals surface area contributed by atoms with Crippen LogP contribution in [0.15, 0.2) is 47.5 Å². The van der Waals surface area contributed by atoms with Gasteiger partial charge in [-0.1, -0.05) is 26.0 Å². The third-order valence-electron chi connectivity index (χ3n) is 4.08. The van der Waals surface area contributed by atoms with Crippen molar-refractivity contribution < 1.29 is 18.8 Å². The molecule has 1 saturated heterocycles. The summed E-state index contributed by atoms with van der Waals surface area (Å²) in [7, 11) is -0.395.